The lowest BCUT2D eigenvalue weighted by atomic mass is 9.83. The van der Waals surface area contributed by atoms with Crippen molar-refractivity contribution in [2.75, 3.05) is 25.1 Å². The molecule has 1 aromatic rings. The van der Waals surface area contributed by atoms with Crippen LogP contribution in [0.25, 0.3) is 0 Å². The number of rotatable bonds is 5. The molecule has 0 saturated carbocycles. The number of thioether (sulfide) groups is 1. The Hall–Kier alpha value is -1.96. The van der Waals surface area contributed by atoms with E-state index < -0.39 is 12.0 Å². The Balaban J connectivity index is 1.70. The summed E-state index contributed by atoms with van der Waals surface area (Å²) in [5.41, 5.74) is 0.978. The first kappa shape index (κ1) is 17.8. The van der Waals surface area contributed by atoms with Gasteiger partial charge in [-0.25, -0.2) is 9.59 Å². The number of pyridine rings is 1. The molecule has 3 heterocycles. The highest BCUT2D eigenvalue weighted by molar-refractivity contribution is 7.98. The van der Waals surface area contributed by atoms with Crippen LogP contribution in [0.3, 0.4) is 0 Å². The number of piperidine rings is 1. The lowest BCUT2D eigenvalue weighted by molar-refractivity contribution is -0.139. The Labute approximate surface area is 150 Å². The summed E-state index contributed by atoms with van der Waals surface area (Å²) in [6.07, 6.45) is 3.27. The zero-order valence-electron chi connectivity index (χ0n) is 14.2. The summed E-state index contributed by atoms with van der Waals surface area (Å²) in [5.74, 6) is 0.0309. The molecular weight excluding hydrogens is 342 g/mol. The van der Waals surface area contributed by atoms with E-state index in [4.69, 9.17) is 0 Å². The van der Waals surface area contributed by atoms with Crippen molar-refractivity contribution in [3.8, 4) is 0 Å². The predicted molar refractivity (Wildman–Crippen MR) is 96.1 cm³/mol. The fraction of sp³-hybridized carbons (Fsp3) is 0.588. The largest absolute Gasteiger partial charge is 0.480 e. The number of amides is 2. The van der Waals surface area contributed by atoms with E-state index >= 15 is 0 Å². The number of carboxylic acids is 1. The minimum Gasteiger partial charge on any atom is -0.480 e. The summed E-state index contributed by atoms with van der Waals surface area (Å²) < 4.78 is 1.81. The third kappa shape index (κ3) is 3.84. The standard InChI is InChI=1S/C17H23N3O4S/c1-25-6-5-13(16(22)23)18-17(24)19-8-11-7-12(10-19)14-3-2-4-15(21)20(14)9-11/h2-4,11-13H,5-10H2,1H3,(H,18,24)(H,22,23)/t11?,12?,13-/m0/s1. The zero-order chi connectivity index (χ0) is 18.0. The summed E-state index contributed by atoms with van der Waals surface area (Å²) in [6, 6.07) is 4.09. The Morgan fingerprint density at radius 3 is 2.88 bits per heavy atom. The fourth-order valence-corrected chi connectivity index (χ4v) is 4.27. The van der Waals surface area contributed by atoms with Gasteiger partial charge in [-0.05, 0) is 36.8 Å². The van der Waals surface area contributed by atoms with Crippen LogP contribution < -0.4 is 10.9 Å². The number of carbonyl (C=O) groups is 2. The number of nitrogens with zero attached hydrogens (tertiary/aromatic N) is 2. The number of aromatic nitrogens is 1. The molecule has 7 nitrogen and oxygen atoms in total. The Kier molecular flexibility index (Phi) is 5.36. The van der Waals surface area contributed by atoms with Crippen LogP contribution in [0.1, 0.15) is 24.5 Å². The molecule has 3 rings (SSSR count). The number of urea groups is 1. The molecule has 8 heteroatoms. The van der Waals surface area contributed by atoms with Gasteiger partial charge < -0.3 is 19.9 Å². The molecule has 0 aromatic carbocycles. The Morgan fingerprint density at radius 2 is 2.16 bits per heavy atom. The van der Waals surface area contributed by atoms with Crippen LogP contribution in [0.2, 0.25) is 0 Å². The number of fused-ring (bicyclic) bond motifs is 4. The van der Waals surface area contributed by atoms with Gasteiger partial charge >= 0.3 is 12.0 Å². The van der Waals surface area contributed by atoms with E-state index in [0.717, 1.165) is 12.1 Å². The van der Waals surface area contributed by atoms with Crippen molar-refractivity contribution in [1.29, 1.82) is 0 Å². The van der Waals surface area contributed by atoms with Gasteiger partial charge in [-0.2, -0.15) is 11.8 Å². The highest BCUT2D eigenvalue weighted by Crippen LogP contribution is 2.34. The molecule has 1 fully saturated rings. The average molecular weight is 365 g/mol. The maximum absolute atomic E-state index is 12.6. The molecule has 2 aliphatic rings. The van der Waals surface area contributed by atoms with Gasteiger partial charge in [0.25, 0.3) is 5.56 Å². The topological polar surface area (TPSA) is 91.6 Å². The number of carbonyl (C=O) groups excluding carboxylic acids is 1. The van der Waals surface area contributed by atoms with Gasteiger partial charge in [0.1, 0.15) is 6.04 Å². The summed E-state index contributed by atoms with van der Waals surface area (Å²) in [5, 5.41) is 11.9. The second-order valence-electron chi connectivity index (χ2n) is 6.72. The monoisotopic (exact) mass is 365 g/mol. The van der Waals surface area contributed by atoms with Gasteiger partial charge in [0.2, 0.25) is 0 Å². The first-order valence-electron chi connectivity index (χ1n) is 8.46. The highest BCUT2D eigenvalue weighted by atomic mass is 32.2. The SMILES string of the molecule is CSCC[C@H](NC(=O)N1CC2CC(C1)c1cccc(=O)n1C2)C(=O)O. The van der Waals surface area contributed by atoms with Gasteiger partial charge in [0.15, 0.2) is 0 Å². The van der Waals surface area contributed by atoms with Gasteiger partial charge in [0.05, 0.1) is 0 Å². The Bertz CT molecular complexity index is 720. The lowest BCUT2D eigenvalue weighted by Gasteiger charge is -2.42. The fourth-order valence-electron chi connectivity index (χ4n) is 3.80. The van der Waals surface area contributed by atoms with E-state index in [0.29, 0.717) is 31.8 Å². The van der Waals surface area contributed by atoms with Crippen LogP contribution in [0.4, 0.5) is 4.79 Å². The van der Waals surface area contributed by atoms with E-state index in [1.165, 1.54) is 0 Å². The van der Waals surface area contributed by atoms with Crippen molar-refractivity contribution in [2.24, 2.45) is 5.92 Å². The molecule has 2 amide bonds. The first-order valence-corrected chi connectivity index (χ1v) is 9.86. The second-order valence-corrected chi connectivity index (χ2v) is 7.71. The number of likely N-dealkylation sites (tertiary alicyclic amines) is 1. The number of aliphatic carboxylic acids is 1. The molecule has 2 N–H and O–H groups in total. The molecular formula is C17H23N3O4S. The summed E-state index contributed by atoms with van der Waals surface area (Å²) in [6.45, 7) is 1.68. The normalized spacial score (nSPS) is 22.8. The molecule has 1 aromatic heterocycles. The molecule has 0 aliphatic carbocycles. The van der Waals surface area contributed by atoms with Gasteiger partial charge in [-0.3, -0.25) is 4.79 Å². The number of hydrogen-bond acceptors (Lipinski definition) is 4. The number of carboxylic acid groups (broad SMARTS) is 1. The smallest absolute Gasteiger partial charge is 0.326 e. The van der Waals surface area contributed by atoms with E-state index in [9.17, 15) is 19.5 Å². The van der Waals surface area contributed by atoms with Crippen LogP contribution >= 0.6 is 11.8 Å². The highest BCUT2D eigenvalue weighted by Gasteiger charge is 2.37. The van der Waals surface area contributed by atoms with Gasteiger partial charge in [-0.1, -0.05) is 6.07 Å². The van der Waals surface area contributed by atoms with E-state index in [2.05, 4.69) is 5.32 Å². The van der Waals surface area contributed by atoms with Crippen molar-refractivity contribution in [3.05, 3.63) is 34.2 Å². The minimum absolute atomic E-state index is 0.00751. The molecule has 0 radical (unpaired) electrons. The molecule has 1 saturated heterocycles. The maximum Gasteiger partial charge on any atom is 0.326 e. The Morgan fingerprint density at radius 1 is 1.36 bits per heavy atom. The van der Waals surface area contributed by atoms with E-state index in [1.54, 1.807) is 28.8 Å². The van der Waals surface area contributed by atoms with Crippen LogP contribution in [-0.4, -0.2) is 57.7 Å². The number of nitrogens with one attached hydrogen (secondary N) is 1. The van der Waals surface area contributed by atoms with Crippen molar-refractivity contribution >= 4 is 23.8 Å². The maximum atomic E-state index is 12.6. The van der Waals surface area contributed by atoms with Crippen molar-refractivity contribution in [3.63, 3.8) is 0 Å². The molecule has 2 aliphatic heterocycles. The van der Waals surface area contributed by atoms with Crippen LogP contribution in [-0.2, 0) is 11.3 Å². The van der Waals surface area contributed by atoms with Gasteiger partial charge in [-0.15, -0.1) is 0 Å². The van der Waals surface area contributed by atoms with Gasteiger partial charge in [0, 0.05) is 37.3 Å². The van der Waals surface area contributed by atoms with Crippen molar-refractivity contribution < 1.29 is 14.7 Å². The van der Waals surface area contributed by atoms with Crippen LogP contribution in [0.15, 0.2) is 23.0 Å². The van der Waals surface area contributed by atoms with E-state index in [-0.39, 0.29) is 23.4 Å². The summed E-state index contributed by atoms with van der Waals surface area (Å²) in [4.78, 5) is 37.6. The van der Waals surface area contributed by atoms with E-state index in [1.807, 2.05) is 16.9 Å². The molecule has 3 atom stereocenters. The third-order valence-electron chi connectivity index (χ3n) is 4.97. The molecule has 0 spiro atoms. The molecule has 2 unspecified atom stereocenters. The molecule has 25 heavy (non-hydrogen) atoms. The third-order valence-corrected chi connectivity index (χ3v) is 5.62. The summed E-state index contributed by atoms with van der Waals surface area (Å²) >= 11 is 1.56. The summed E-state index contributed by atoms with van der Waals surface area (Å²) in [7, 11) is 0. The first-order chi connectivity index (χ1) is 12.0. The molecule has 136 valence electrons. The molecule has 2 bridgehead atoms. The lowest BCUT2D eigenvalue weighted by Crippen LogP contribution is -2.54. The quantitative estimate of drug-likeness (QED) is 0.818. The van der Waals surface area contributed by atoms with Crippen LogP contribution in [0.5, 0.6) is 0 Å². The predicted octanol–water partition coefficient (Wildman–Crippen LogP) is 1.18. The second kappa shape index (κ2) is 7.51. The number of hydrogen-bond donors (Lipinski definition) is 2. The minimum atomic E-state index is -1.00. The van der Waals surface area contributed by atoms with Crippen molar-refractivity contribution in [1.82, 2.24) is 14.8 Å². The average Bonchev–Trinajstić information content (AvgIpc) is 2.59. The van der Waals surface area contributed by atoms with Crippen molar-refractivity contribution in [2.45, 2.75) is 31.3 Å². The zero-order valence-corrected chi connectivity index (χ0v) is 15.0. The van der Waals surface area contributed by atoms with Crippen LogP contribution in [0, 0.1) is 5.92 Å².